The number of aliphatic hydroxyl groups is 1. The molecule has 4 nitrogen and oxygen atoms in total. The molecular formula is C13H14FN3O. The van der Waals surface area contributed by atoms with Crippen LogP contribution in [-0.2, 0) is 13.2 Å². The number of halogens is 1. The highest BCUT2D eigenvalue weighted by Crippen LogP contribution is 2.41. The zero-order valence-corrected chi connectivity index (χ0v) is 9.88. The number of rotatable bonds is 4. The molecule has 18 heavy (non-hydrogen) atoms. The molecule has 1 aliphatic rings. The SMILES string of the molecule is OCc1nnn(Cc2cccc(F)c2)c1C1CC1. The first-order valence-electron chi connectivity index (χ1n) is 6.05. The molecule has 0 unspecified atom stereocenters. The van der Waals surface area contributed by atoms with Crippen LogP contribution in [0.3, 0.4) is 0 Å². The van der Waals surface area contributed by atoms with Crippen molar-refractivity contribution in [1.29, 1.82) is 0 Å². The van der Waals surface area contributed by atoms with Crippen molar-refractivity contribution >= 4 is 0 Å². The van der Waals surface area contributed by atoms with Gasteiger partial charge in [-0.2, -0.15) is 0 Å². The summed E-state index contributed by atoms with van der Waals surface area (Å²) in [6.07, 6.45) is 2.23. The molecule has 3 rings (SSSR count). The van der Waals surface area contributed by atoms with Gasteiger partial charge in [-0.15, -0.1) is 5.10 Å². The third kappa shape index (κ3) is 2.13. The van der Waals surface area contributed by atoms with Gasteiger partial charge in [-0.3, -0.25) is 0 Å². The summed E-state index contributed by atoms with van der Waals surface area (Å²) >= 11 is 0. The van der Waals surface area contributed by atoms with Crippen molar-refractivity contribution in [3.63, 3.8) is 0 Å². The second kappa shape index (κ2) is 4.49. The van der Waals surface area contributed by atoms with Crippen molar-refractivity contribution in [2.45, 2.75) is 31.9 Å². The minimum Gasteiger partial charge on any atom is -0.390 e. The Morgan fingerprint density at radius 1 is 1.39 bits per heavy atom. The van der Waals surface area contributed by atoms with Crippen LogP contribution in [-0.4, -0.2) is 20.1 Å². The highest BCUT2D eigenvalue weighted by atomic mass is 19.1. The van der Waals surface area contributed by atoms with Gasteiger partial charge in [0.15, 0.2) is 0 Å². The molecule has 1 aromatic carbocycles. The summed E-state index contributed by atoms with van der Waals surface area (Å²) in [4.78, 5) is 0. The predicted molar refractivity (Wildman–Crippen MR) is 63.4 cm³/mol. The summed E-state index contributed by atoms with van der Waals surface area (Å²) in [5, 5.41) is 17.3. The summed E-state index contributed by atoms with van der Waals surface area (Å²) in [6, 6.07) is 6.47. The second-order valence-corrected chi connectivity index (χ2v) is 4.64. The molecule has 1 heterocycles. The van der Waals surface area contributed by atoms with E-state index in [0.29, 0.717) is 18.2 Å². The third-order valence-electron chi connectivity index (χ3n) is 3.18. The van der Waals surface area contributed by atoms with E-state index in [4.69, 9.17) is 0 Å². The molecular weight excluding hydrogens is 233 g/mol. The summed E-state index contributed by atoms with van der Waals surface area (Å²) in [5.74, 6) is 0.207. The van der Waals surface area contributed by atoms with E-state index in [9.17, 15) is 9.50 Å². The van der Waals surface area contributed by atoms with E-state index < -0.39 is 0 Å². The van der Waals surface area contributed by atoms with E-state index in [1.54, 1.807) is 10.7 Å². The van der Waals surface area contributed by atoms with E-state index in [1.165, 1.54) is 12.1 Å². The molecule has 1 saturated carbocycles. The van der Waals surface area contributed by atoms with Crippen molar-refractivity contribution in [3.8, 4) is 0 Å². The average Bonchev–Trinajstić information content (AvgIpc) is 3.11. The lowest BCUT2D eigenvalue weighted by Gasteiger charge is -2.06. The Kier molecular flexibility index (Phi) is 2.83. The standard InChI is InChI=1S/C13H14FN3O/c14-11-3-1-2-9(6-11)7-17-13(10-4-5-10)12(8-18)15-16-17/h1-3,6,10,18H,4-5,7-8H2. The van der Waals surface area contributed by atoms with Gasteiger partial charge in [0.1, 0.15) is 11.5 Å². The summed E-state index contributed by atoms with van der Waals surface area (Å²) in [6.45, 7) is 0.408. The molecule has 0 aliphatic heterocycles. The maximum Gasteiger partial charge on any atom is 0.123 e. The van der Waals surface area contributed by atoms with Crippen LogP contribution < -0.4 is 0 Å². The topological polar surface area (TPSA) is 50.9 Å². The highest BCUT2D eigenvalue weighted by Gasteiger charge is 2.30. The van der Waals surface area contributed by atoms with E-state index in [2.05, 4.69) is 10.3 Å². The molecule has 0 atom stereocenters. The minimum absolute atomic E-state index is 0.0883. The minimum atomic E-state index is -0.247. The number of hydrogen-bond donors (Lipinski definition) is 1. The molecule has 0 amide bonds. The van der Waals surface area contributed by atoms with Crippen molar-refractivity contribution < 1.29 is 9.50 Å². The fourth-order valence-electron chi connectivity index (χ4n) is 2.20. The first kappa shape index (κ1) is 11.3. The van der Waals surface area contributed by atoms with Crippen LogP contribution in [0.1, 0.15) is 35.7 Å². The fourth-order valence-corrected chi connectivity index (χ4v) is 2.20. The maximum absolute atomic E-state index is 13.1. The van der Waals surface area contributed by atoms with Gasteiger partial charge in [0.25, 0.3) is 0 Å². The van der Waals surface area contributed by atoms with Crippen LogP contribution in [0.15, 0.2) is 24.3 Å². The highest BCUT2D eigenvalue weighted by molar-refractivity contribution is 5.22. The number of aliphatic hydroxyl groups excluding tert-OH is 1. The number of aromatic nitrogens is 3. The molecule has 1 aromatic heterocycles. The van der Waals surface area contributed by atoms with Crippen molar-refractivity contribution in [1.82, 2.24) is 15.0 Å². The molecule has 0 radical (unpaired) electrons. The molecule has 0 spiro atoms. The van der Waals surface area contributed by atoms with Gasteiger partial charge in [-0.05, 0) is 30.5 Å². The van der Waals surface area contributed by atoms with Crippen LogP contribution in [0.5, 0.6) is 0 Å². The van der Waals surface area contributed by atoms with Crippen molar-refractivity contribution in [2.24, 2.45) is 0 Å². The maximum atomic E-state index is 13.1. The van der Waals surface area contributed by atoms with Crippen LogP contribution in [0.2, 0.25) is 0 Å². The van der Waals surface area contributed by atoms with E-state index in [-0.39, 0.29) is 12.4 Å². The Morgan fingerprint density at radius 3 is 2.89 bits per heavy atom. The summed E-state index contributed by atoms with van der Waals surface area (Å²) in [7, 11) is 0. The Morgan fingerprint density at radius 2 is 2.22 bits per heavy atom. The third-order valence-corrected chi connectivity index (χ3v) is 3.18. The molecule has 0 saturated heterocycles. The van der Waals surface area contributed by atoms with Gasteiger partial charge in [-0.1, -0.05) is 17.3 Å². The molecule has 0 bridgehead atoms. The van der Waals surface area contributed by atoms with Gasteiger partial charge >= 0.3 is 0 Å². The lowest BCUT2D eigenvalue weighted by atomic mass is 10.2. The van der Waals surface area contributed by atoms with Gasteiger partial charge < -0.3 is 5.11 Å². The molecule has 94 valence electrons. The van der Waals surface area contributed by atoms with E-state index in [1.807, 2.05) is 6.07 Å². The first-order chi connectivity index (χ1) is 8.78. The number of hydrogen-bond acceptors (Lipinski definition) is 3. The lowest BCUT2D eigenvalue weighted by molar-refractivity contribution is 0.275. The van der Waals surface area contributed by atoms with Gasteiger partial charge in [-0.25, -0.2) is 9.07 Å². The normalized spacial score (nSPS) is 15.0. The van der Waals surface area contributed by atoms with Crippen molar-refractivity contribution in [3.05, 3.63) is 47.0 Å². The first-order valence-corrected chi connectivity index (χ1v) is 6.05. The summed E-state index contributed by atoms with van der Waals surface area (Å²) < 4.78 is 14.9. The van der Waals surface area contributed by atoms with Crippen LogP contribution in [0.25, 0.3) is 0 Å². The molecule has 2 aromatic rings. The summed E-state index contributed by atoms with van der Waals surface area (Å²) in [5.41, 5.74) is 2.50. The zero-order chi connectivity index (χ0) is 12.5. The largest absolute Gasteiger partial charge is 0.390 e. The molecule has 1 N–H and O–H groups in total. The predicted octanol–water partition coefficient (Wildman–Crippen LogP) is 1.84. The smallest absolute Gasteiger partial charge is 0.123 e. The molecule has 1 aliphatic carbocycles. The van der Waals surface area contributed by atoms with Gasteiger partial charge in [0, 0.05) is 5.92 Å². The van der Waals surface area contributed by atoms with Gasteiger partial charge in [0.05, 0.1) is 18.8 Å². The van der Waals surface area contributed by atoms with Crippen LogP contribution in [0.4, 0.5) is 4.39 Å². The Balaban J connectivity index is 1.90. The lowest BCUT2D eigenvalue weighted by Crippen LogP contribution is -2.07. The Bertz CT molecular complexity index is 563. The van der Waals surface area contributed by atoms with Crippen molar-refractivity contribution in [2.75, 3.05) is 0 Å². The van der Waals surface area contributed by atoms with E-state index >= 15 is 0 Å². The Hall–Kier alpha value is -1.75. The number of benzene rings is 1. The average molecular weight is 247 g/mol. The fraction of sp³-hybridized carbons (Fsp3) is 0.385. The number of nitrogens with zero attached hydrogens (tertiary/aromatic N) is 3. The van der Waals surface area contributed by atoms with Gasteiger partial charge in [0.2, 0.25) is 0 Å². The molecule has 5 heteroatoms. The van der Waals surface area contributed by atoms with Crippen LogP contribution in [0, 0.1) is 5.82 Å². The quantitative estimate of drug-likeness (QED) is 0.896. The van der Waals surface area contributed by atoms with E-state index in [0.717, 1.165) is 24.1 Å². The zero-order valence-electron chi connectivity index (χ0n) is 9.88. The van der Waals surface area contributed by atoms with Crippen LogP contribution >= 0.6 is 0 Å². The second-order valence-electron chi connectivity index (χ2n) is 4.64. The Labute approximate surface area is 104 Å². The monoisotopic (exact) mass is 247 g/mol. The molecule has 1 fully saturated rings.